The fourth-order valence-electron chi connectivity index (χ4n) is 1.43. The summed E-state index contributed by atoms with van der Waals surface area (Å²) in [7, 11) is -4.25. The molecule has 0 bridgehead atoms. The van der Waals surface area contributed by atoms with Crippen LogP contribution < -0.4 is 4.52 Å². The summed E-state index contributed by atoms with van der Waals surface area (Å²) in [5.74, 6) is 2.59. The van der Waals surface area contributed by atoms with Crippen LogP contribution in [0.25, 0.3) is 0 Å². The van der Waals surface area contributed by atoms with Crippen LogP contribution in [-0.2, 0) is 11.1 Å². The largest absolute Gasteiger partial charge is 0.500 e. The normalized spacial score (nSPS) is 25.1. The van der Waals surface area contributed by atoms with Crippen molar-refractivity contribution in [2.75, 3.05) is 6.54 Å². The van der Waals surface area contributed by atoms with Crippen LogP contribution in [-0.4, -0.2) is 11.2 Å². The van der Waals surface area contributed by atoms with Gasteiger partial charge in [-0.1, -0.05) is 24.1 Å². The van der Waals surface area contributed by atoms with Crippen molar-refractivity contribution < 1.29 is 13.3 Å². The van der Waals surface area contributed by atoms with Crippen LogP contribution in [0.4, 0.5) is 4.20 Å². The molecule has 3 nitrogen and oxygen atoms in total. The van der Waals surface area contributed by atoms with E-state index >= 15 is 0 Å². The molecule has 1 aromatic rings. The summed E-state index contributed by atoms with van der Waals surface area (Å²) >= 11 is 0. The molecule has 0 fully saturated rings. The van der Waals surface area contributed by atoms with Crippen molar-refractivity contribution in [3.05, 3.63) is 29.8 Å². The van der Waals surface area contributed by atoms with Gasteiger partial charge >= 0.3 is 7.83 Å². The zero-order valence-corrected chi connectivity index (χ0v) is 8.78. The number of rotatable bonds is 1. The lowest BCUT2D eigenvalue weighted by Gasteiger charge is -2.29. The van der Waals surface area contributed by atoms with Gasteiger partial charge in [0.05, 0.1) is 6.54 Å². The Hall–Kier alpha value is -1.30. The predicted octanol–water partition coefficient (Wildman–Crippen LogP) is 2.59. The molecule has 0 radical (unpaired) electrons. The van der Waals surface area contributed by atoms with Gasteiger partial charge in [0, 0.05) is 12.1 Å². The molecule has 0 N–H and O–H groups in total. The summed E-state index contributed by atoms with van der Waals surface area (Å²) in [6.07, 6.45) is 5.07. The first-order valence-electron chi connectivity index (χ1n) is 4.39. The third-order valence-electron chi connectivity index (χ3n) is 2.15. The molecule has 0 aliphatic carbocycles. The van der Waals surface area contributed by atoms with Gasteiger partial charge in [-0.25, -0.2) is 4.57 Å². The molecule has 0 aromatic heterocycles. The first-order chi connectivity index (χ1) is 7.13. The van der Waals surface area contributed by atoms with Gasteiger partial charge in [-0.3, -0.25) is 0 Å². The summed E-state index contributed by atoms with van der Waals surface area (Å²) < 4.78 is 30.9. The van der Waals surface area contributed by atoms with Crippen LogP contribution in [0.15, 0.2) is 24.3 Å². The fourth-order valence-corrected chi connectivity index (χ4v) is 2.54. The Morgan fingerprint density at radius 1 is 1.60 bits per heavy atom. The minimum absolute atomic E-state index is 0.0257. The van der Waals surface area contributed by atoms with E-state index in [1.54, 1.807) is 18.2 Å². The summed E-state index contributed by atoms with van der Waals surface area (Å²) in [5, 5.41) is 0. The minimum atomic E-state index is -4.25. The van der Waals surface area contributed by atoms with Gasteiger partial charge in [-0.2, -0.15) is 4.67 Å². The topological polar surface area (TPSA) is 29.5 Å². The summed E-state index contributed by atoms with van der Waals surface area (Å²) in [6, 6.07) is 6.90. The van der Waals surface area contributed by atoms with Gasteiger partial charge in [0.2, 0.25) is 0 Å². The van der Waals surface area contributed by atoms with E-state index in [1.165, 1.54) is 0 Å². The smallest absolute Gasteiger partial charge is 0.410 e. The number of nitrogens with zero attached hydrogens (tertiary/aromatic N) is 1. The highest BCUT2D eigenvalue weighted by molar-refractivity contribution is 7.51. The molecular formula is C10H9FNO2P. The minimum Gasteiger partial charge on any atom is -0.410 e. The van der Waals surface area contributed by atoms with Gasteiger partial charge in [0.25, 0.3) is 0 Å². The monoisotopic (exact) mass is 225 g/mol. The molecule has 0 amide bonds. The lowest BCUT2D eigenvalue weighted by molar-refractivity contribution is 0.303. The van der Waals surface area contributed by atoms with E-state index in [4.69, 9.17) is 10.9 Å². The molecule has 0 saturated heterocycles. The van der Waals surface area contributed by atoms with E-state index in [0.717, 1.165) is 10.2 Å². The zero-order chi connectivity index (χ0) is 10.9. The average Bonchev–Trinajstić information content (AvgIpc) is 2.18. The standard InChI is InChI=1S/C10H9FNO2P/c1-2-7-12-8-9-5-3-4-6-10(9)14-15(12,11)13/h1,3-6H,7-8H2. The predicted molar refractivity (Wildman–Crippen MR) is 55.0 cm³/mol. The van der Waals surface area contributed by atoms with Gasteiger partial charge in [-0.15, -0.1) is 10.6 Å². The van der Waals surface area contributed by atoms with Crippen molar-refractivity contribution in [3.63, 3.8) is 0 Å². The molecule has 78 valence electrons. The number of hydrogen-bond donors (Lipinski definition) is 0. The van der Waals surface area contributed by atoms with Crippen LogP contribution in [0.1, 0.15) is 5.56 Å². The van der Waals surface area contributed by atoms with Gasteiger partial charge in [-0.05, 0) is 6.07 Å². The molecule has 5 heteroatoms. The second-order valence-corrected chi connectivity index (χ2v) is 4.83. The first kappa shape index (κ1) is 10.2. The van der Waals surface area contributed by atoms with Crippen molar-refractivity contribution in [1.29, 1.82) is 0 Å². The zero-order valence-electron chi connectivity index (χ0n) is 7.89. The molecule has 0 saturated carbocycles. The first-order valence-corrected chi connectivity index (χ1v) is 5.86. The van der Waals surface area contributed by atoms with E-state index in [2.05, 4.69) is 5.92 Å². The van der Waals surface area contributed by atoms with Gasteiger partial charge in [0.1, 0.15) is 5.75 Å². The maximum absolute atomic E-state index is 13.6. The molecule has 0 spiro atoms. The van der Waals surface area contributed by atoms with Crippen molar-refractivity contribution in [1.82, 2.24) is 4.67 Å². The molecule has 1 aliphatic rings. The second kappa shape index (κ2) is 3.69. The van der Waals surface area contributed by atoms with Gasteiger partial charge in [0.15, 0.2) is 0 Å². The average molecular weight is 225 g/mol. The highest BCUT2D eigenvalue weighted by Crippen LogP contribution is 2.56. The fraction of sp³-hybridized carbons (Fsp3) is 0.200. The van der Waals surface area contributed by atoms with Gasteiger partial charge < -0.3 is 4.52 Å². The van der Waals surface area contributed by atoms with Crippen molar-refractivity contribution in [2.45, 2.75) is 6.54 Å². The van der Waals surface area contributed by atoms with Crippen molar-refractivity contribution >= 4 is 7.83 Å². The second-order valence-electron chi connectivity index (χ2n) is 3.18. The summed E-state index contributed by atoms with van der Waals surface area (Å²) in [5.41, 5.74) is 0.789. The van der Waals surface area contributed by atoms with Crippen molar-refractivity contribution in [3.8, 4) is 18.1 Å². The Balaban J connectivity index is 2.37. The van der Waals surface area contributed by atoms with Crippen molar-refractivity contribution in [2.24, 2.45) is 0 Å². The maximum atomic E-state index is 13.6. The Kier molecular flexibility index (Phi) is 2.52. The summed E-state index contributed by atoms with van der Waals surface area (Å²) in [6.45, 7) is 0.191. The van der Waals surface area contributed by atoms with Crippen LogP contribution >= 0.6 is 7.83 Å². The number of benzene rings is 1. The molecule has 1 atom stereocenters. The van der Waals surface area contributed by atoms with E-state index < -0.39 is 7.83 Å². The molecule has 2 rings (SSSR count). The maximum Gasteiger partial charge on any atom is 0.500 e. The molecule has 1 aromatic carbocycles. The third kappa shape index (κ3) is 1.90. The SMILES string of the molecule is C#CCN1Cc2ccccc2OP1(=O)F. The number of para-hydroxylation sites is 1. The summed E-state index contributed by atoms with van der Waals surface area (Å²) in [4.78, 5) is 0. The van der Waals surface area contributed by atoms with Crippen LogP contribution in [0.5, 0.6) is 5.75 Å². The van der Waals surface area contributed by atoms with E-state index in [0.29, 0.717) is 5.75 Å². The quantitative estimate of drug-likeness (QED) is 0.543. The number of fused-ring (bicyclic) bond motifs is 1. The molecule has 15 heavy (non-hydrogen) atoms. The number of halogens is 1. The highest BCUT2D eigenvalue weighted by atomic mass is 31.2. The lowest BCUT2D eigenvalue weighted by atomic mass is 10.2. The molecule has 1 unspecified atom stereocenters. The Morgan fingerprint density at radius 3 is 3.07 bits per heavy atom. The highest BCUT2D eigenvalue weighted by Gasteiger charge is 2.38. The van der Waals surface area contributed by atoms with E-state index in [-0.39, 0.29) is 13.1 Å². The molecule has 1 heterocycles. The lowest BCUT2D eigenvalue weighted by Crippen LogP contribution is -2.25. The Morgan fingerprint density at radius 2 is 2.33 bits per heavy atom. The van der Waals surface area contributed by atoms with Crippen LogP contribution in [0, 0.1) is 12.3 Å². The molecule has 1 aliphatic heterocycles. The molecular weight excluding hydrogens is 216 g/mol. The number of hydrogen-bond acceptors (Lipinski definition) is 2. The van der Waals surface area contributed by atoms with E-state index in [9.17, 15) is 8.76 Å². The number of terminal acetylenes is 1. The van der Waals surface area contributed by atoms with E-state index in [1.807, 2.05) is 6.07 Å². The van der Waals surface area contributed by atoms with Crippen LogP contribution in [0.3, 0.4) is 0 Å². The Labute approximate surface area is 87.5 Å². The third-order valence-corrected chi connectivity index (χ3v) is 3.53. The van der Waals surface area contributed by atoms with Crippen LogP contribution in [0.2, 0.25) is 0 Å². The Bertz CT molecular complexity index is 469.